The highest BCUT2D eigenvalue weighted by Crippen LogP contribution is 2.32. The molecule has 2 rings (SSSR count). The predicted molar refractivity (Wildman–Crippen MR) is 81.9 cm³/mol. The standard InChI is InChI=1S/C14H17Cl2N3/c1-4-12-18-13(14(17)19(12)8(2)3)9-5-10(15)7-11(16)6-9/h5-8H,4,17H2,1-3H3. The summed E-state index contributed by atoms with van der Waals surface area (Å²) in [4.78, 5) is 4.62. The van der Waals surface area contributed by atoms with E-state index in [4.69, 9.17) is 28.9 Å². The van der Waals surface area contributed by atoms with Gasteiger partial charge in [0.25, 0.3) is 0 Å². The molecule has 0 aliphatic heterocycles. The fourth-order valence-corrected chi connectivity index (χ4v) is 2.75. The van der Waals surface area contributed by atoms with Crippen LogP contribution in [0.4, 0.5) is 5.82 Å². The minimum absolute atomic E-state index is 0.269. The second-order valence-electron chi connectivity index (χ2n) is 4.74. The van der Waals surface area contributed by atoms with Crippen LogP contribution in [0.5, 0.6) is 0 Å². The van der Waals surface area contributed by atoms with Crippen LogP contribution in [0.3, 0.4) is 0 Å². The molecule has 0 unspecified atom stereocenters. The molecule has 0 spiro atoms. The predicted octanol–water partition coefficient (Wildman–Crippen LogP) is 4.58. The Kier molecular flexibility index (Phi) is 4.07. The number of nitrogen functional groups attached to an aromatic ring is 1. The minimum Gasteiger partial charge on any atom is -0.383 e. The maximum atomic E-state index is 6.23. The van der Waals surface area contributed by atoms with Gasteiger partial charge in [0.2, 0.25) is 0 Å². The van der Waals surface area contributed by atoms with Gasteiger partial charge in [-0.2, -0.15) is 0 Å². The van der Waals surface area contributed by atoms with Crippen LogP contribution in [0, 0.1) is 0 Å². The first-order chi connectivity index (χ1) is 8.93. The fourth-order valence-electron chi connectivity index (χ4n) is 2.22. The number of halogens is 2. The van der Waals surface area contributed by atoms with E-state index in [0.29, 0.717) is 15.9 Å². The van der Waals surface area contributed by atoms with E-state index in [1.54, 1.807) is 6.07 Å². The number of imidazole rings is 1. The number of anilines is 1. The van der Waals surface area contributed by atoms with E-state index in [1.165, 1.54) is 0 Å². The lowest BCUT2D eigenvalue weighted by atomic mass is 10.1. The molecule has 0 fully saturated rings. The second kappa shape index (κ2) is 5.43. The van der Waals surface area contributed by atoms with Gasteiger partial charge < -0.3 is 10.3 Å². The Morgan fingerprint density at radius 1 is 1.21 bits per heavy atom. The molecule has 0 aliphatic rings. The Morgan fingerprint density at radius 2 is 1.79 bits per heavy atom. The molecule has 5 heteroatoms. The van der Waals surface area contributed by atoms with Gasteiger partial charge in [0.05, 0.1) is 0 Å². The molecule has 0 amide bonds. The summed E-state index contributed by atoms with van der Waals surface area (Å²) in [6, 6.07) is 5.63. The molecule has 0 radical (unpaired) electrons. The van der Waals surface area contributed by atoms with Crippen LogP contribution >= 0.6 is 23.2 Å². The molecule has 0 bridgehead atoms. The molecule has 102 valence electrons. The molecule has 1 aromatic heterocycles. The van der Waals surface area contributed by atoms with Gasteiger partial charge in [-0.15, -0.1) is 0 Å². The van der Waals surface area contributed by atoms with E-state index in [-0.39, 0.29) is 6.04 Å². The summed E-state index contributed by atoms with van der Waals surface area (Å²) in [5.74, 6) is 1.63. The third-order valence-electron chi connectivity index (χ3n) is 2.99. The molecule has 2 aromatic rings. The highest BCUT2D eigenvalue weighted by molar-refractivity contribution is 6.35. The number of aromatic nitrogens is 2. The number of aryl methyl sites for hydroxylation is 1. The van der Waals surface area contributed by atoms with Crippen LogP contribution in [0.15, 0.2) is 18.2 Å². The van der Waals surface area contributed by atoms with Gasteiger partial charge in [0.15, 0.2) is 0 Å². The molecule has 1 aromatic carbocycles. The van der Waals surface area contributed by atoms with Gasteiger partial charge >= 0.3 is 0 Å². The van der Waals surface area contributed by atoms with E-state index in [0.717, 1.165) is 23.5 Å². The Balaban J connectivity index is 2.62. The summed E-state index contributed by atoms with van der Waals surface area (Å²) in [7, 11) is 0. The largest absolute Gasteiger partial charge is 0.383 e. The van der Waals surface area contributed by atoms with Crippen molar-refractivity contribution in [1.82, 2.24) is 9.55 Å². The van der Waals surface area contributed by atoms with Gasteiger partial charge in [0.1, 0.15) is 17.3 Å². The lowest BCUT2D eigenvalue weighted by Crippen LogP contribution is -2.08. The van der Waals surface area contributed by atoms with Crippen molar-refractivity contribution in [2.45, 2.75) is 33.2 Å². The normalized spacial score (nSPS) is 11.3. The Morgan fingerprint density at radius 3 is 2.21 bits per heavy atom. The monoisotopic (exact) mass is 297 g/mol. The third-order valence-corrected chi connectivity index (χ3v) is 3.43. The summed E-state index contributed by atoms with van der Waals surface area (Å²) in [5.41, 5.74) is 7.82. The summed E-state index contributed by atoms with van der Waals surface area (Å²) in [6.07, 6.45) is 0.830. The first-order valence-corrected chi connectivity index (χ1v) is 7.02. The minimum atomic E-state index is 0.269. The van der Waals surface area contributed by atoms with E-state index in [2.05, 4.69) is 25.8 Å². The topological polar surface area (TPSA) is 43.8 Å². The first-order valence-electron chi connectivity index (χ1n) is 6.27. The van der Waals surface area contributed by atoms with Crippen LogP contribution in [0.1, 0.15) is 32.6 Å². The quantitative estimate of drug-likeness (QED) is 0.901. The van der Waals surface area contributed by atoms with Crippen molar-refractivity contribution in [3.8, 4) is 11.3 Å². The molecule has 19 heavy (non-hydrogen) atoms. The zero-order valence-electron chi connectivity index (χ0n) is 11.2. The molecule has 0 atom stereocenters. The van der Waals surface area contributed by atoms with Crippen LogP contribution in [0.25, 0.3) is 11.3 Å². The van der Waals surface area contributed by atoms with E-state index in [9.17, 15) is 0 Å². The highest BCUT2D eigenvalue weighted by Gasteiger charge is 2.17. The second-order valence-corrected chi connectivity index (χ2v) is 5.61. The average molecular weight is 298 g/mol. The third kappa shape index (κ3) is 2.72. The number of nitrogens with zero attached hydrogens (tertiary/aromatic N) is 2. The van der Waals surface area contributed by atoms with Crippen molar-refractivity contribution in [3.63, 3.8) is 0 Å². The van der Waals surface area contributed by atoms with E-state index >= 15 is 0 Å². The van der Waals surface area contributed by atoms with Crippen LogP contribution in [0.2, 0.25) is 10.0 Å². The van der Waals surface area contributed by atoms with Gasteiger partial charge in [0, 0.05) is 28.1 Å². The molecule has 0 aliphatic carbocycles. The molecule has 0 saturated carbocycles. The zero-order chi connectivity index (χ0) is 14.2. The van der Waals surface area contributed by atoms with Gasteiger partial charge in [-0.3, -0.25) is 0 Å². The first kappa shape index (κ1) is 14.2. The number of nitrogens with two attached hydrogens (primary N) is 1. The van der Waals surface area contributed by atoms with Crippen LogP contribution in [-0.4, -0.2) is 9.55 Å². The van der Waals surface area contributed by atoms with Crippen LogP contribution < -0.4 is 5.73 Å². The summed E-state index contributed by atoms with van der Waals surface area (Å²) >= 11 is 12.1. The fraction of sp³-hybridized carbons (Fsp3) is 0.357. The summed E-state index contributed by atoms with van der Waals surface area (Å²) in [5, 5.41) is 1.16. The maximum Gasteiger partial charge on any atom is 0.131 e. The smallest absolute Gasteiger partial charge is 0.131 e. The molecule has 3 nitrogen and oxygen atoms in total. The van der Waals surface area contributed by atoms with Crippen molar-refractivity contribution >= 4 is 29.0 Å². The SMILES string of the molecule is CCc1nc(-c2cc(Cl)cc(Cl)c2)c(N)n1C(C)C. The number of hydrogen-bond donors (Lipinski definition) is 1. The molecule has 2 N–H and O–H groups in total. The van der Waals surface area contributed by atoms with Crippen molar-refractivity contribution in [2.75, 3.05) is 5.73 Å². The average Bonchev–Trinajstić information content (AvgIpc) is 2.64. The van der Waals surface area contributed by atoms with Crippen molar-refractivity contribution < 1.29 is 0 Å². The lowest BCUT2D eigenvalue weighted by Gasteiger charge is -2.12. The number of hydrogen-bond acceptors (Lipinski definition) is 2. The molecular weight excluding hydrogens is 281 g/mol. The maximum absolute atomic E-state index is 6.23. The van der Waals surface area contributed by atoms with Crippen LogP contribution in [-0.2, 0) is 6.42 Å². The molecule has 1 heterocycles. The number of rotatable bonds is 3. The van der Waals surface area contributed by atoms with E-state index < -0.39 is 0 Å². The lowest BCUT2D eigenvalue weighted by molar-refractivity contribution is 0.579. The Bertz CT molecular complexity index is 583. The van der Waals surface area contributed by atoms with Gasteiger partial charge in [-0.25, -0.2) is 4.98 Å². The van der Waals surface area contributed by atoms with E-state index in [1.807, 2.05) is 16.7 Å². The van der Waals surface area contributed by atoms with Crippen molar-refractivity contribution in [1.29, 1.82) is 0 Å². The summed E-state index contributed by atoms with van der Waals surface area (Å²) in [6.45, 7) is 6.24. The van der Waals surface area contributed by atoms with Crippen molar-refractivity contribution in [3.05, 3.63) is 34.1 Å². The summed E-state index contributed by atoms with van der Waals surface area (Å²) < 4.78 is 2.05. The van der Waals surface area contributed by atoms with Crippen molar-refractivity contribution in [2.24, 2.45) is 0 Å². The molecular formula is C14H17Cl2N3. The van der Waals surface area contributed by atoms with Gasteiger partial charge in [-0.05, 0) is 32.0 Å². The highest BCUT2D eigenvalue weighted by atomic mass is 35.5. The number of benzene rings is 1. The Hall–Kier alpha value is -1.19. The molecule has 0 saturated heterocycles. The Labute approximate surface area is 123 Å². The van der Waals surface area contributed by atoms with Gasteiger partial charge in [-0.1, -0.05) is 30.1 Å². The zero-order valence-corrected chi connectivity index (χ0v) is 12.8.